The van der Waals surface area contributed by atoms with Crippen molar-refractivity contribution in [2.45, 2.75) is 18.6 Å². The van der Waals surface area contributed by atoms with E-state index in [1.807, 2.05) is 0 Å². The maximum Gasteiger partial charge on any atom is 0.316 e. The van der Waals surface area contributed by atoms with Crippen molar-refractivity contribution in [3.63, 3.8) is 0 Å². The first kappa shape index (κ1) is 23.1. The lowest BCUT2D eigenvalue weighted by Gasteiger charge is -2.38. The summed E-state index contributed by atoms with van der Waals surface area (Å²) in [6, 6.07) is 2.78. The lowest BCUT2D eigenvalue weighted by molar-refractivity contribution is 0.00691. The molecule has 0 bridgehead atoms. The Morgan fingerprint density at radius 2 is 2.07 bits per heavy atom. The molecular weight excluding hydrogens is 398 g/mol. The average molecular weight is 428 g/mol. The van der Waals surface area contributed by atoms with Gasteiger partial charge in [0.25, 0.3) is 5.91 Å². The Morgan fingerprint density at radius 3 is 2.69 bits per heavy atom. The minimum atomic E-state index is -0.289. The number of hydrogen-bond acceptors (Lipinski definition) is 6. The standard InChI is InChI=1S/C19H30ClN5O4/c1-24(2)19(27)22-6-8-25-7-5-15(17(11-25)29-4)23-18(26)12-9-13(20)14(21)10-16(12)28-3/h9-10,15,17H,5-8,11,21H2,1-4H3,(H,22,27)(H,23,26)/t15-,17+/m1/s1. The van der Waals surface area contributed by atoms with Crippen LogP contribution in [0.3, 0.4) is 0 Å². The van der Waals surface area contributed by atoms with E-state index in [0.717, 1.165) is 13.0 Å². The molecule has 10 heteroatoms. The number of carbonyl (C=O) groups is 2. The van der Waals surface area contributed by atoms with E-state index in [9.17, 15) is 9.59 Å². The summed E-state index contributed by atoms with van der Waals surface area (Å²) in [5.74, 6) is 0.0786. The molecule has 0 saturated carbocycles. The molecule has 1 aliphatic heterocycles. The topological polar surface area (TPSA) is 109 Å². The van der Waals surface area contributed by atoms with E-state index >= 15 is 0 Å². The number of nitrogens with two attached hydrogens (primary N) is 1. The smallest absolute Gasteiger partial charge is 0.316 e. The summed E-state index contributed by atoms with van der Waals surface area (Å²) in [6.45, 7) is 2.69. The molecule has 4 N–H and O–H groups in total. The SMILES string of the molecule is COc1cc(N)c(Cl)cc1C(=O)N[C@@H]1CCN(CCNC(=O)N(C)C)C[C@@H]1OC. The highest BCUT2D eigenvalue weighted by Crippen LogP contribution is 2.29. The van der Waals surface area contributed by atoms with E-state index in [1.165, 1.54) is 24.1 Å². The van der Waals surface area contributed by atoms with E-state index in [4.69, 9.17) is 26.8 Å². The first-order valence-electron chi connectivity index (χ1n) is 9.41. The number of rotatable bonds is 7. The Balaban J connectivity index is 1.94. The molecule has 0 radical (unpaired) electrons. The van der Waals surface area contributed by atoms with Gasteiger partial charge in [-0.3, -0.25) is 9.69 Å². The molecule has 1 aromatic rings. The van der Waals surface area contributed by atoms with Gasteiger partial charge in [0.1, 0.15) is 5.75 Å². The average Bonchev–Trinajstić information content (AvgIpc) is 2.70. The molecule has 29 heavy (non-hydrogen) atoms. The number of nitrogen functional groups attached to an aromatic ring is 1. The van der Waals surface area contributed by atoms with Crippen LogP contribution in [-0.2, 0) is 4.74 Å². The van der Waals surface area contributed by atoms with Gasteiger partial charge in [-0.25, -0.2) is 4.79 Å². The van der Waals surface area contributed by atoms with Crippen molar-refractivity contribution in [1.29, 1.82) is 0 Å². The number of amides is 3. The molecule has 1 saturated heterocycles. The van der Waals surface area contributed by atoms with Crippen LogP contribution in [0.5, 0.6) is 5.75 Å². The fourth-order valence-electron chi connectivity index (χ4n) is 3.23. The first-order valence-corrected chi connectivity index (χ1v) is 9.78. The molecule has 2 atom stereocenters. The van der Waals surface area contributed by atoms with E-state index in [2.05, 4.69) is 15.5 Å². The summed E-state index contributed by atoms with van der Waals surface area (Å²) in [6.07, 6.45) is 0.546. The van der Waals surface area contributed by atoms with Crippen LogP contribution in [0.15, 0.2) is 12.1 Å². The van der Waals surface area contributed by atoms with Crippen LogP contribution in [-0.4, -0.2) is 88.4 Å². The van der Waals surface area contributed by atoms with Gasteiger partial charge in [0.15, 0.2) is 0 Å². The summed E-state index contributed by atoms with van der Waals surface area (Å²) in [4.78, 5) is 28.1. The van der Waals surface area contributed by atoms with Gasteiger partial charge < -0.3 is 30.7 Å². The van der Waals surface area contributed by atoms with E-state index < -0.39 is 0 Å². The van der Waals surface area contributed by atoms with Gasteiger partial charge in [0.05, 0.1) is 35.5 Å². The number of benzene rings is 1. The largest absolute Gasteiger partial charge is 0.496 e. The predicted molar refractivity (Wildman–Crippen MR) is 113 cm³/mol. The van der Waals surface area contributed by atoms with Gasteiger partial charge in [-0.05, 0) is 12.5 Å². The number of anilines is 1. The van der Waals surface area contributed by atoms with E-state index in [0.29, 0.717) is 41.7 Å². The number of hydrogen-bond donors (Lipinski definition) is 3. The van der Waals surface area contributed by atoms with Crippen molar-refractivity contribution >= 4 is 29.2 Å². The highest BCUT2D eigenvalue weighted by atomic mass is 35.5. The predicted octanol–water partition coefficient (Wildman–Crippen LogP) is 1.02. The Bertz CT molecular complexity index is 731. The lowest BCUT2D eigenvalue weighted by atomic mass is 10.0. The van der Waals surface area contributed by atoms with Crippen molar-refractivity contribution in [2.24, 2.45) is 0 Å². The Hall–Kier alpha value is -2.23. The van der Waals surface area contributed by atoms with Crippen molar-refractivity contribution in [1.82, 2.24) is 20.4 Å². The summed E-state index contributed by atoms with van der Waals surface area (Å²) in [5, 5.41) is 6.17. The summed E-state index contributed by atoms with van der Waals surface area (Å²) in [5.41, 5.74) is 6.47. The second kappa shape index (κ2) is 10.5. The van der Waals surface area contributed by atoms with Gasteiger partial charge in [0.2, 0.25) is 0 Å². The normalized spacial score (nSPS) is 19.5. The molecule has 1 heterocycles. The third kappa shape index (κ3) is 6.12. The zero-order valence-corrected chi connectivity index (χ0v) is 18.1. The van der Waals surface area contributed by atoms with E-state index in [-0.39, 0.29) is 24.1 Å². The van der Waals surface area contributed by atoms with E-state index in [1.54, 1.807) is 21.2 Å². The monoisotopic (exact) mass is 427 g/mol. The molecule has 3 amide bonds. The molecule has 0 aliphatic carbocycles. The second-order valence-electron chi connectivity index (χ2n) is 7.14. The summed E-state index contributed by atoms with van der Waals surface area (Å²) in [7, 11) is 6.51. The fourth-order valence-corrected chi connectivity index (χ4v) is 3.39. The van der Waals surface area contributed by atoms with Gasteiger partial charge >= 0.3 is 6.03 Å². The van der Waals surface area contributed by atoms with Crippen LogP contribution in [0.4, 0.5) is 10.5 Å². The van der Waals surface area contributed by atoms with Crippen LogP contribution in [0, 0.1) is 0 Å². The third-order valence-electron chi connectivity index (χ3n) is 4.94. The van der Waals surface area contributed by atoms with Gasteiger partial charge in [-0.15, -0.1) is 0 Å². The molecule has 0 spiro atoms. The summed E-state index contributed by atoms with van der Waals surface area (Å²) >= 11 is 6.07. The van der Waals surface area contributed by atoms with Crippen LogP contribution < -0.4 is 21.1 Å². The number of nitrogens with one attached hydrogen (secondary N) is 2. The van der Waals surface area contributed by atoms with Crippen molar-refractivity contribution in [3.05, 3.63) is 22.7 Å². The molecular formula is C19H30ClN5O4. The quantitative estimate of drug-likeness (QED) is 0.560. The van der Waals surface area contributed by atoms with Crippen LogP contribution in [0.1, 0.15) is 16.8 Å². The number of carbonyl (C=O) groups excluding carboxylic acids is 2. The molecule has 0 unspecified atom stereocenters. The number of nitrogens with zero attached hydrogens (tertiary/aromatic N) is 2. The Kier molecular flexibility index (Phi) is 8.36. The van der Waals surface area contributed by atoms with Crippen LogP contribution in [0.2, 0.25) is 5.02 Å². The number of piperidine rings is 1. The second-order valence-corrected chi connectivity index (χ2v) is 7.55. The van der Waals surface area contributed by atoms with Crippen molar-refractivity contribution in [2.75, 3.05) is 60.2 Å². The first-order chi connectivity index (χ1) is 13.8. The zero-order valence-electron chi connectivity index (χ0n) is 17.3. The number of methoxy groups -OCH3 is 2. The molecule has 1 aromatic carbocycles. The Labute approximate surface area is 176 Å². The zero-order chi connectivity index (χ0) is 21.6. The highest BCUT2D eigenvalue weighted by Gasteiger charge is 2.31. The fraction of sp³-hybridized carbons (Fsp3) is 0.579. The minimum Gasteiger partial charge on any atom is -0.496 e. The molecule has 9 nitrogen and oxygen atoms in total. The molecule has 1 fully saturated rings. The summed E-state index contributed by atoms with van der Waals surface area (Å²) < 4.78 is 10.9. The van der Waals surface area contributed by atoms with Gasteiger partial charge in [-0.2, -0.15) is 0 Å². The maximum atomic E-state index is 12.8. The molecule has 2 rings (SSSR count). The minimum absolute atomic E-state index is 0.119. The Morgan fingerprint density at radius 1 is 1.34 bits per heavy atom. The van der Waals surface area contributed by atoms with Crippen LogP contribution in [0.25, 0.3) is 0 Å². The van der Waals surface area contributed by atoms with Crippen molar-refractivity contribution in [3.8, 4) is 5.75 Å². The van der Waals surface area contributed by atoms with Gasteiger partial charge in [0, 0.05) is 53.5 Å². The number of urea groups is 1. The maximum absolute atomic E-state index is 12.8. The number of ether oxygens (including phenoxy) is 2. The third-order valence-corrected chi connectivity index (χ3v) is 5.26. The van der Waals surface area contributed by atoms with Gasteiger partial charge in [-0.1, -0.05) is 11.6 Å². The molecule has 1 aliphatic rings. The lowest BCUT2D eigenvalue weighted by Crippen LogP contribution is -2.55. The van der Waals surface area contributed by atoms with Crippen LogP contribution >= 0.6 is 11.6 Å². The number of likely N-dealkylation sites (tertiary alicyclic amines) is 1. The number of halogens is 1. The molecule has 162 valence electrons. The highest BCUT2D eigenvalue weighted by molar-refractivity contribution is 6.33. The molecule has 0 aromatic heterocycles. The van der Waals surface area contributed by atoms with Crippen molar-refractivity contribution < 1.29 is 19.1 Å².